The Morgan fingerprint density at radius 3 is 2.58 bits per heavy atom. The van der Waals surface area contributed by atoms with E-state index in [9.17, 15) is 13.6 Å². The maximum absolute atomic E-state index is 14.3. The molecule has 170 valence electrons. The molecule has 33 heavy (non-hydrogen) atoms. The van der Waals surface area contributed by atoms with E-state index >= 15 is 0 Å². The van der Waals surface area contributed by atoms with Crippen LogP contribution in [0.25, 0.3) is 10.2 Å². The molecule has 0 aliphatic carbocycles. The largest absolute Gasteiger partial charge is 0.490 e. The Hall–Kier alpha value is -3.59. The van der Waals surface area contributed by atoms with Crippen LogP contribution in [-0.2, 0) is 6.54 Å². The van der Waals surface area contributed by atoms with E-state index in [4.69, 9.17) is 9.47 Å². The molecule has 2 aromatic carbocycles. The lowest BCUT2D eigenvalue weighted by atomic mass is 10.1. The molecule has 0 aliphatic rings. The third-order valence-corrected chi connectivity index (χ3v) is 5.76. The second-order valence-corrected chi connectivity index (χ2v) is 8.02. The molecule has 0 radical (unpaired) electrons. The second-order valence-electron chi connectivity index (χ2n) is 7.01. The Morgan fingerprint density at radius 1 is 1.06 bits per heavy atom. The monoisotopic (exact) mass is 469 g/mol. The van der Waals surface area contributed by atoms with Crippen molar-refractivity contribution in [2.75, 3.05) is 18.1 Å². The Morgan fingerprint density at radius 2 is 1.85 bits per heavy atom. The summed E-state index contributed by atoms with van der Waals surface area (Å²) in [5.74, 6) is -0.867. The van der Waals surface area contributed by atoms with Gasteiger partial charge in [0.25, 0.3) is 5.91 Å². The highest BCUT2D eigenvalue weighted by molar-refractivity contribution is 7.22. The van der Waals surface area contributed by atoms with E-state index in [1.165, 1.54) is 11.0 Å². The number of thiazole rings is 1. The van der Waals surface area contributed by atoms with Crippen LogP contribution in [-0.4, -0.2) is 29.1 Å². The highest BCUT2D eigenvalue weighted by atomic mass is 32.1. The second kappa shape index (κ2) is 9.91. The fourth-order valence-electron chi connectivity index (χ4n) is 3.30. The lowest BCUT2D eigenvalue weighted by Crippen LogP contribution is -2.30. The maximum atomic E-state index is 14.3. The number of nitrogens with zero attached hydrogens (tertiary/aromatic N) is 3. The van der Waals surface area contributed by atoms with Crippen molar-refractivity contribution in [1.29, 1.82) is 0 Å². The summed E-state index contributed by atoms with van der Waals surface area (Å²) in [4.78, 5) is 23.4. The van der Waals surface area contributed by atoms with Crippen LogP contribution in [0.1, 0.15) is 29.8 Å². The minimum atomic E-state index is -0.777. The number of fused-ring (bicyclic) bond motifs is 1. The van der Waals surface area contributed by atoms with E-state index < -0.39 is 11.6 Å². The molecule has 0 fully saturated rings. The topological polar surface area (TPSA) is 64.5 Å². The predicted molar refractivity (Wildman–Crippen MR) is 123 cm³/mol. The minimum absolute atomic E-state index is 0.0158. The van der Waals surface area contributed by atoms with Crippen LogP contribution in [0.4, 0.5) is 13.9 Å². The van der Waals surface area contributed by atoms with Gasteiger partial charge >= 0.3 is 0 Å². The summed E-state index contributed by atoms with van der Waals surface area (Å²) < 4.78 is 39.6. The third-order valence-electron chi connectivity index (χ3n) is 4.73. The molecular weight excluding hydrogens is 448 g/mol. The summed E-state index contributed by atoms with van der Waals surface area (Å²) >= 11 is 1.04. The number of anilines is 1. The number of aromatic nitrogens is 2. The minimum Gasteiger partial charge on any atom is -0.490 e. The number of amides is 1. The van der Waals surface area contributed by atoms with Gasteiger partial charge in [0.1, 0.15) is 11.3 Å². The first-order chi connectivity index (χ1) is 16.0. The molecule has 0 unspecified atom stereocenters. The molecule has 0 atom stereocenters. The van der Waals surface area contributed by atoms with E-state index in [1.807, 2.05) is 19.9 Å². The van der Waals surface area contributed by atoms with Gasteiger partial charge in [-0.2, -0.15) is 0 Å². The molecule has 9 heteroatoms. The van der Waals surface area contributed by atoms with Crippen LogP contribution in [0.3, 0.4) is 0 Å². The highest BCUT2D eigenvalue weighted by Gasteiger charge is 2.24. The first-order valence-electron chi connectivity index (χ1n) is 10.4. The van der Waals surface area contributed by atoms with Crippen LogP contribution in [0.15, 0.2) is 54.9 Å². The van der Waals surface area contributed by atoms with Crippen molar-refractivity contribution in [2.45, 2.75) is 20.4 Å². The Balaban J connectivity index is 1.77. The first kappa shape index (κ1) is 22.6. The summed E-state index contributed by atoms with van der Waals surface area (Å²) in [6, 6.07) is 10.5. The van der Waals surface area contributed by atoms with E-state index in [0.29, 0.717) is 35.0 Å². The maximum Gasteiger partial charge on any atom is 0.260 e. The zero-order valence-electron chi connectivity index (χ0n) is 18.0. The fourth-order valence-corrected chi connectivity index (χ4v) is 4.30. The van der Waals surface area contributed by atoms with Crippen LogP contribution < -0.4 is 14.4 Å². The Kier molecular flexibility index (Phi) is 6.79. The van der Waals surface area contributed by atoms with E-state index in [-0.39, 0.29) is 23.1 Å². The van der Waals surface area contributed by atoms with Gasteiger partial charge in [-0.05, 0) is 49.7 Å². The average Bonchev–Trinajstić information content (AvgIpc) is 3.23. The number of hydrogen-bond donors (Lipinski definition) is 0. The molecule has 0 bridgehead atoms. The van der Waals surface area contributed by atoms with Gasteiger partial charge in [-0.25, -0.2) is 13.8 Å². The van der Waals surface area contributed by atoms with Crippen molar-refractivity contribution in [3.8, 4) is 11.5 Å². The molecule has 0 saturated heterocycles. The number of benzene rings is 2. The standard InChI is InChI=1S/C24H21F2N3O3S/c1-3-31-19-8-7-16(10-20(19)32-4-2)23(30)29(14-15-6-5-9-27-13-15)24-28-22-18(26)11-17(25)12-21(22)33-24/h5-13H,3-4,14H2,1-2H3. The van der Waals surface area contributed by atoms with E-state index in [1.54, 1.807) is 36.7 Å². The van der Waals surface area contributed by atoms with Crippen molar-refractivity contribution >= 4 is 32.6 Å². The summed E-state index contributed by atoms with van der Waals surface area (Å²) in [5.41, 5.74) is 1.12. The van der Waals surface area contributed by atoms with Gasteiger partial charge in [0.2, 0.25) is 0 Å². The van der Waals surface area contributed by atoms with Gasteiger partial charge in [-0.15, -0.1) is 0 Å². The summed E-state index contributed by atoms with van der Waals surface area (Å²) in [6.45, 7) is 4.70. The quantitative estimate of drug-likeness (QED) is 0.335. The molecule has 0 aliphatic heterocycles. The molecule has 1 amide bonds. The smallest absolute Gasteiger partial charge is 0.260 e. The predicted octanol–water partition coefficient (Wildman–Crippen LogP) is 5.61. The lowest BCUT2D eigenvalue weighted by Gasteiger charge is -2.21. The summed E-state index contributed by atoms with van der Waals surface area (Å²) in [5, 5.41) is 0.246. The fraction of sp³-hybridized carbons (Fsp3) is 0.208. The molecule has 0 saturated carbocycles. The van der Waals surface area contributed by atoms with Crippen molar-refractivity contribution in [3.05, 3.63) is 77.6 Å². The molecule has 0 spiro atoms. The van der Waals surface area contributed by atoms with Crippen molar-refractivity contribution in [3.63, 3.8) is 0 Å². The van der Waals surface area contributed by atoms with Gasteiger partial charge in [-0.1, -0.05) is 17.4 Å². The Labute approximate surface area is 193 Å². The van der Waals surface area contributed by atoms with E-state index in [2.05, 4.69) is 9.97 Å². The third kappa shape index (κ3) is 4.93. The van der Waals surface area contributed by atoms with Crippen molar-refractivity contribution in [1.82, 2.24) is 9.97 Å². The lowest BCUT2D eigenvalue weighted by molar-refractivity contribution is 0.0984. The molecule has 2 aromatic heterocycles. The molecule has 2 heterocycles. The van der Waals surface area contributed by atoms with Crippen LogP contribution >= 0.6 is 11.3 Å². The van der Waals surface area contributed by atoms with Crippen LogP contribution in [0, 0.1) is 11.6 Å². The van der Waals surface area contributed by atoms with Crippen LogP contribution in [0.2, 0.25) is 0 Å². The number of carbonyl (C=O) groups excluding carboxylic acids is 1. The zero-order chi connectivity index (χ0) is 23.4. The zero-order valence-corrected chi connectivity index (χ0v) is 18.9. The average molecular weight is 470 g/mol. The number of pyridine rings is 1. The van der Waals surface area contributed by atoms with Gasteiger partial charge in [-0.3, -0.25) is 14.7 Å². The number of ether oxygens (including phenoxy) is 2. The SMILES string of the molecule is CCOc1ccc(C(=O)N(Cc2cccnc2)c2nc3c(F)cc(F)cc3s2)cc1OCC. The summed E-state index contributed by atoms with van der Waals surface area (Å²) in [7, 11) is 0. The van der Waals surface area contributed by atoms with Crippen molar-refractivity contribution < 1.29 is 23.0 Å². The molecule has 6 nitrogen and oxygen atoms in total. The number of hydrogen-bond acceptors (Lipinski definition) is 6. The van der Waals surface area contributed by atoms with Gasteiger partial charge in [0.05, 0.1) is 24.5 Å². The number of halogens is 2. The number of carbonyl (C=O) groups is 1. The van der Waals surface area contributed by atoms with Crippen LogP contribution in [0.5, 0.6) is 11.5 Å². The normalized spacial score (nSPS) is 10.9. The van der Waals surface area contributed by atoms with Gasteiger partial charge < -0.3 is 9.47 Å². The molecular formula is C24H21F2N3O3S. The molecule has 4 aromatic rings. The number of rotatable bonds is 8. The van der Waals surface area contributed by atoms with E-state index in [0.717, 1.165) is 23.0 Å². The Bertz CT molecular complexity index is 1280. The first-order valence-corrected chi connectivity index (χ1v) is 11.2. The highest BCUT2D eigenvalue weighted by Crippen LogP contribution is 2.34. The molecule has 4 rings (SSSR count). The summed E-state index contributed by atoms with van der Waals surface area (Å²) in [6.07, 6.45) is 3.27. The van der Waals surface area contributed by atoms with Crippen molar-refractivity contribution in [2.24, 2.45) is 0 Å². The molecule has 0 N–H and O–H groups in total. The van der Waals surface area contributed by atoms with Gasteiger partial charge in [0, 0.05) is 24.0 Å². The van der Waals surface area contributed by atoms with Gasteiger partial charge in [0.15, 0.2) is 22.4 Å².